The minimum Gasteiger partial charge on any atom is -0.510 e. The lowest BCUT2D eigenvalue weighted by Crippen LogP contribution is -2.64. The Labute approximate surface area is 208 Å². The second-order valence-electron chi connectivity index (χ2n) is 10.2. The van der Waals surface area contributed by atoms with E-state index in [1.54, 1.807) is 27.7 Å². The summed E-state index contributed by atoms with van der Waals surface area (Å²) in [6, 6.07) is 0. The lowest BCUT2D eigenvalue weighted by Gasteiger charge is -2.47. The summed E-state index contributed by atoms with van der Waals surface area (Å²) in [4.78, 5) is 50.7. The van der Waals surface area contributed by atoms with Crippen molar-refractivity contribution >= 4 is 23.7 Å². The molecule has 11 nitrogen and oxygen atoms in total. The molecule has 1 fully saturated rings. The molecule has 0 aromatic carbocycles. The van der Waals surface area contributed by atoms with Crippen LogP contribution in [0.1, 0.15) is 47.0 Å². The van der Waals surface area contributed by atoms with E-state index in [4.69, 9.17) is 14.2 Å². The largest absolute Gasteiger partial charge is 0.510 e. The van der Waals surface area contributed by atoms with Crippen LogP contribution in [0.5, 0.6) is 0 Å². The summed E-state index contributed by atoms with van der Waals surface area (Å²) in [6.07, 6.45) is -3.27. The Kier molecular flexibility index (Phi) is 7.39. The highest BCUT2D eigenvalue weighted by molar-refractivity contribution is 5.95. The third kappa shape index (κ3) is 4.64. The van der Waals surface area contributed by atoms with Crippen LogP contribution < -0.4 is 0 Å². The van der Waals surface area contributed by atoms with E-state index in [-0.39, 0.29) is 19.3 Å². The van der Waals surface area contributed by atoms with Crippen molar-refractivity contribution in [3.05, 3.63) is 34.8 Å². The van der Waals surface area contributed by atoms with Crippen molar-refractivity contribution in [2.75, 3.05) is 7.11 Å². The molecule has 2 aliphatic carbocycles. The SMILES string of the molecule is COC(=O)[C@@]1(O)[C@@H](O)/C(O)=C/[C@@]2(C)CC(=O)C(O)=C(C)[C@@H]2C[C@@H]2C[C@H]1[C@@H](OC(=O)C=C(C)C)C(=O)O2. The number of esters is 3. The van der Waals surface area contributed by atoms with Crippen molar-refractivity contribution in [3.63, 3.8) is 0 Å². The zero-order valence-corrected chi connectivity index (χ0v) is 20.8. The minimum absolute atomic E-state index is 0.0493. The van der Waals surface area contributed by atoms with E-state index in [2.05, 4.69) is 0 Å². The van der Waals surface area contributed by atoms with Gasteiger partial charge in [-0.05, 0) is 51.2 Å². The molecule has 0 aromatic heterocycles. The fraction of sp³-hybridized carbons (Fsp3) is 0.600. The van der Waals surface area contributed by atoms with Gasteiger partial charge in [-0.1, -0.05) is 12.5 Å². The van der Waals surface area contributed by atoms with Crippen LogP contribution >= 0.6 is 0 Å². The summed E-state index contributed by atoms with van der Waals surface area (Å²) in [6.45, 7) is 6.39. The van der Waals surface area contributed by atoms with Gasteiger partial charge in [-0.25, -0.2) is 14.4 Å². The average Bonchev–Trinajstić information content (AvgIpc) is 2.79. The first-order chi connectivity index (χ1) is 16.6. The molecule has 1 saturated heterocycles. The number of ketones is 1. The lowest BCUT2D eigenvalue weighted by molar-refractivity contribution is -0.219. The van der Waals surface area contributed by atoms with Crippen LogP contribution in [-0.2, 0) is 33.4 Å². The number of aliphatic hydroxyl groups excluding tert-OH is 3. The zero-order chi connectivity index (χ0) is 27.2. The van der Waals surface area contributed by atoms with Crippen LogP contribution in [0.4, 0.5) is 0 Å². The average molecular weight is 509 g/mol. The Morgan fingerprint density at radius 3 is 2.42 bits per heavy atom. The van der Waals surface area contributed by atoms with Gasteiger partial charge in [0.2, 0.25) is 11.7 Å². The summed E-state index contributed by atoms with van der Waals surface area (Å²) >= 11 is 0. The standard InChI is InChI=1S/C25H32O11/c1-11(2)6-18(28)36-20-15-8-13(35-22(20)31)7-14-12(3)19(29)16(26)9-24(14,4)10-17(27)21(30)25(15,33)23(32)34-5/h6,10,13-15,20-21,27,29-30,33H,7-9H2,1-5H3/b17-10-/t13-,14+,15+,20-,21+,24-,25+/m1/s1. The van der Waals surface area contributed by atoms with Gasteiger partial charge in [0.1, 0.15) is 11.9 Å². The molecule has 0 saturated carbocycles. The molecule has 36 heavy (non-hydrogen) atoms. The van der Waals surface area contributed by atoms with Crippen molar-refractivity contribution < 1.29 is 53.8 Å². The summed E-state index contributed by atoms with van der Waals surface area (Å²) in [7, 11) is 0.948. The number of ether oxygens (including phenoxy) is 3. The van der Waals surface area contributed by atoms with Gasteiger partial charge >= 0.3 is 17.9 Å². The predicted octanol–water partition coefficient (Wildman–Crippen LogP) is 1.33. The molecule has 11 heteroatoms. The molecule has 3 rings (SSSR count). The normalized spacial score (nSPS) is 38.1. The topological polar surface area (TPSA) is 177 Å². The van der Waals surface area contributed by atoms with E-state index in [1.165, 1.54) is 0 Å². The van der Waals surface area contributed by atoms with Crippen LogP contribution in [0.2, 0.25) is 0 Å². The quantitative estimate of drug-likeness (QED) is 0.246. The molecule has 0 radical (unpaired) electrons. The number of rotatable bonds is 3. The van der Waals surface area contributed by atoms with Gasteiger partial charge in [0.15, 0.2) is 17.6 Å². The first kappa shape index (κ1) is 27.4. The maximum atomic E-state index is 13.1. The van der Waals surface area contributed by atoms with E-state index in [1.807, 2.05) is 0 Å². The van der Waals surface area contributed by atoms with E-state index < -0.39 is 76.4 Å². The first-order valence-electron chi connectivity index (χ1n) is 11.5. The van der Waals surface area contributed by atoms with Crippen molar-refractivity contribution in [2.24, 2.45) is 17.3 Å². The molecule has 2 bridgehead atoms. The third-order valence-corrected chi connectivity index (χ3v) is 7.30. The highest BCUT2D eigenvalue weighted by Gasteiger charge is 2.62. The maximum absolute atomic E-state index is 13.1. The molecule has 0 unspecified atom stereocenters. The molecule has 198 valence electrons. The first-order valence-corrected chi connectivity index (χ1v) is 11.5. The molecule has 1 aliphatic heterocycles. The molecule has 0 aromatic rings. The maximum Gasteiger partial charge on any atom is 0.348 e. The summed E-state index contributed by atoms with van der Waals surface area (Å²) in [5.41, 5.74) is -3.22. The van der Waals surface area contributed by atoms with Gasteiger partial charge in [0.05, 0.1) is 13.0 Å². The van der Waals surface area contributed by atoms with E-state index >= 15 is 0 Å². The number of hydrogen-bond acceptors (Lipinski definition) is 11. The molecule has 1 heterocycles. The number of hydrogen-bond donors (Lipinski definition) is 4. The third-order valence-electron chi connectivity index (χ3n) is 7.30. The van der Waals surface area contributed by atoms with Crippen molar-refractivity contribution in [1.29, 1.82) is 0 Å². The monoisotopic (exact) mass is 508 g/mol. The number of fused-ring (bicyclic) bond motifs is 3. The van der Waals surface area contributed by atoms with Crippen molar-refractivity contribution in [3.8, 4) is 0 Å². The number of aliphatic hydroxyl groups is 4. The van der Waals surface area contributed by atoms with Gasteiger partial charge in [-0.3, -0.25) is 4.79 Å². The number of allylic oxidation sites excluding steroid dienone is 4. The Morgan fingerprint density at radius 1 is 1.19 bits per heavy atom. The van der Waals surface area contributed by atoms with Crippen molar-refractivity contribution in [2.45, 2.75) is 70.9 Å². The molecule has 3 aliphatic rings. The smallest absolute Gasteiger partial charge is 0.348 e. The number of methoxy groups -OCH3 is 1. The predicted molar refractivity (Wildman–Crippen MR) is 122 cm³/mol. The van der Waals surface area contributed by atoms with E-state index in [0.29, 0.717) is 11.1 Å². The zero-order valence-electron chi connectivity index (χ0n) is 20.8. The fourth-order valence-corrected chi connectivity index (χ4v) is 5.49. The van der Waals surface area contributed by atoms with E-state index in [0.717, 1.165) is 19.3 Å². The van der Waals surface area contributed by atoms with Gasteiger partial charge in [-0.2, -0.15) is 0 Å². The Bertz CT molecular complexity index is 1070. The molecular formula is C25H32O11. The lowest BCUT2D eigenvalue weighted by atomic mass is 9.62. The highest BCUT2D eigenvalue weighted by Crippen LogP contribution is 2.50. The van der Waals surface area contributed by atoms with Crippen molar-refractivity contribution in [1.82, 2.24) is 0 Å². The second kappa shape index (κ2) is 9.70. The number of Topliss-reactive ketones (excluding diaryl/α,β-unsaturated/α-hetero) is 1. The van der Waals surface area contributed by atoms with Crippen LogP contribution in [-0.4, -0.2) is 75.1 Å². The van der Waals surface area contributed by atoms with Crippen LogP contribution in [0.3, 0.4) is 0 Å². The highest BCUT2D eigenvalue weighted by atomic mass is 16.6. The molecule has 0 spiro atoms. The van der Waals surface area contributed by atoms with Gasteiger partial charge in [0, 0.05) is 17.9 Å². The van der Waals surface area contributed by atoms with Crippen LogP contribution in [0.15, 0.2) is 34.8 Å². The van der Waals surface area contributed by atoms with Gasteiger partial charge in [-0.15, -0.1) is 0 Å². The summed E-state index contributed by atoms with van der Waals surface area (Å²) in [5.74, 6) is -7.41. The molecular weight excluding hydrogens is 476 g/mol. The molecule has 4 N–H and O–H groups in total. The molecule has 7 atom stereocenters. The van der Waals surface area contributed by atoms with E-state index in [9.17, 15) is 39.6 Å². The molecule has 0 amide bonds. The summed E-state index contributed by atoms with van der Waals surface area (Å²) in [5, 5.41) is 43.9. The minimum atomic E-state index is -2.92. The second-order valence-corrected chi connectivity index (χ2v) is 10.2. The van der Waals surface area contributed by atoms with Crippen LogP contribution in [0.25, 0.3) is 0 Å². The number of carbonyl (C=O) groups excluding carboxylic acids is 4. The Balaban J connectivity index is 2.20. The van der Waals surface area contributed by atoms with Gasteiger partial charge < -0.3 is 34.6 Å². The number of carbonyl (C=O) groups is 4. The fourth-order valence-electron chi connectivity index (χ4n) is 5.49. The Hall–Kier alpha value is -3.18. The summed E-state index contributed by atoms with van der Waals surface area (Å²) < 4.78 is 15.5. The Morgan fingerprint density at radius 2 is 1.83 bits per heavy atom. The van der Waals surface area contributed by atoms with Crippen LogP contribution in [0, 0.1) is 17.3 Å². The van der Waals surface area contributed by atoms with Gasteiger partial charge in [0.25, 0.3) is 0 Å².